The van der Waals surface area contributed by atoms with Crippen LogP contribution in [0.25, 0.3) is 0 Å². The summed E-state index contributed by atoms with van der Waals surface area (Å²) in [5.41, 5.74) is 1.98. The van der Waals surface area contributed by atoms with Gasteiger partial charge < -0.3 is 4.74 Å². The molecule has 2 rings (SSSR count). The molecule has 0 unspecified atom stereocenters. The SMILES string of the molecule is CC(C)COc1cccc2c1C(=O)CCC2. The molecule has 86 valence electrons. The molecule has 0 fully saturated rings. The zero-order valence-corrected chi connectivity index (χ0v) is 9.95. The Kier molecular flexibility index (Phi) is 3.28. The number of rotatable bonds is 3. The Balaban J connectivity index is 2.27. The topological polar surface area (TPSA) is 26.3 Å². The number of carbonyl (C=O) groups excluding carboxylic acids is 1. The maximum atomic E-state index is 11.9. The maximum Gasteiger partial charge on any atom is 0.166 e. The number of fused-ring (bicyclic) bond motifs is 1. The number of hydrogen-bond donors (Lipinski definition) is 0. The highest BCUT2D eigenvalue weighted by atomic mass is 16.5. The molecule has 0 amide bonds. The number of Topliss-reactive ketones (excluding diaryl/α,β-unsaturated/α-hetero) is 1. The molecule has 1 aromatic carbocycles. The van der Waals surface area contributed by atoms with Gasteiger partial charge in [0, 0.05) is 6.42 Å². The van der Waals surface area contributed by atoms with E-state index in [4.69, 9.17) is 4.74 Å². The van der Waals surface area contributed by atoms with Gasteiger partial charge in [-0.05, 0) is 30.4 Å². The van der Waals surface area contributed by atoms with Crippen molar-refractivity contribution in [2.45, 2.75) is 33.1 Å². The third-order valence-corrected chi connectivity index (χ3v) is 2.81. The van der Waals surface area contributed by atoms with E-state index in [0.717, 1.165) is 29.7 Å². The third kappa shape index (κ3) is 2.26. The molecule has 0 N–H and O–H groups in total. The number of ketones is 1. The third-order valence-electron chi connectivity index (χ3n) is 2.81. The van der Waals surface area contributed by atoms with Gasteiger partial charge in [-0.2, -0.15) is 0 Å². The summed E-state index contributed by atoms with van der Waals surface area (Å²) < 4.78 is 5.72. The first kappa shape index (κ1) is 11.2. The summed E-state index contributed by atoms with van der Waals surface area (Å²) in [7, 11) is 0. The van der Waals surface area contributed by atoms with Crippen molar-refractivity contribution in [1.82, 2.24) is 0 Å². The van der Waals surface area contributed by atoms with Crippen LogP contribution in [-0.2, 0) is 6.42 Å². The molecule has 0 heterocycles. The second kappa shape index (κ2) is 4.69. The molecule has 2 heteroatoms. The molecular weight excluding hydrogens is 200 g/mol. The van der Waals surface area contributed by atoms with Gasteiger partial charge in [0.25, 0.3) is 0 Å². The summed E-state index contributed by atoms with van der Waals surface area (Å²) in [6.07, 6.45) is 2.63. The van der Waals surface area contributed by atoms with E-state index in [0.29, 0.717) is 18.9 Å². The van der Waals surface area contributed by atoms with E-state index in [-0.39, 0.29) is 5.78 Å². The minimum absolute atomic E-state index is 0.237. The summed E-state index contributed by atoms with van der Waals surface area (Å²) >= 11 is 0. The molecule has 16 heavy (non-hydrogen) atoms. The standard InChI is InChI=1S/C14H18O2/c1-10(2)9-16-13-8-4-6-11-5-3-7-12(15)14(11)13/h4,6,8,10H,3,5,7,9H2,1-2H3. The first-order valence-electron chi connectivity index (χ1n) is 5.96. The zero-order valence-electron chi connectivity index (χ0n) is 9.95. The molecule has 0 bridgehead atoms. The lowest BCUT2D eigenvalue weighted by Gasteiger charge is -2.19. The van der Waals surface area contributed by atoms with Gasteiger partial charge in [-0.1, -0.05) is 26.0 Å². The normalized spacial score (nSPS) is 15.1. The predicted molar refractivity (Wildman–Crippen MR) is 64.0 cm³/mol. The lowest BCUT2D eigenvalue weighted by atomic mass is 9.90. The fourth-order valence-electron chi connectivity index (χ4n) is 2.04. The molecule has 0 radical (unpaired) electrons. The number of carbonyl (C=O) groups is 1. The monoisotopic (exact) mass is 218 g/mol. The van der Waals surface area contributed by atoms with Gasteiger partial charge in [0.05, 0.1) is 12.2 Å². The highest BCUT2D eigenvalue weighted by molar-refractivity contribution is 6.01. The van der Waals surface area contributed by atoms with Gasteiger partial charge >= 0.3 is 0 Å². The van der Waals surface area contributed by atoms with Gasteiger partial charge in [-0.25, -0.2) is 0 Å². The molecule has 0 saturated heterocycles. The number of hydrogen-bond acceptors (Lipinski definition) is 2. The van der Waals surface area contributed by atoms with Gasteiger partial charge in [0.15, 0.2) is 5.78 Å². The predicted octanol–water partition coefficient (Wildman–Crippen LogP) is 3.24. The van der Waals surface area contributed by atoms with Crippen LogP contribution in [0.3, 0.4) is 0 Å². The fraction of sp³-hybridized carbons (Fsp3) is 0.500. The van der Waals surface area contributed by atoms with Crippen LogP contribution in [0.4, 0.5) is 0 Å². The average molecular weight is 218 g/mol. The van der Waals surface area contributed by atoms with Crippen LogP contribution in [0.2, 0.25) is 0 Å². The minimum atomic E-state index is 0.237. The molecule has 0 saturated carbocycles. The van der Waals surface area contributed by atoms with Crippen LogP contribution in [0.1, 0.15) is 42.6 Å². The molecule has 0 atom stereocenters. The van der Waals surface area contributed by atoms with Gasteiger partial charge in [0.1, 0.15) is 5.75 Å². The van der Waals surface area contributed by atoms with Crippen LogP contribution < -0.4 is 4.74 Å². The van der Waals surface area contributed by atoms with E-state index in [1.165, 1.54) is 0 Å². The minimum Gasteiger partial charge on any atom is -0.493 e. The van der Waals surface area contributed by atoms with E-state index >= 15 is 0 Å². The number of ether oxygens (including phenoxy) is 1. The van der Waals surface area contributed by atoms with Crippen molar-refractivity contribution in [2.75, 3.05) is 6.61 Å². The first-order valence-corrected chi connectivity index (χ1v) is 5.96. The Morgan fingerprint density at radius 2 is 2.12 bits per heavy atom. The Bertz CT molecular complexity index is 394. The zero-order chi connectivity index (χ0) is 11.5. The smallest absolute Gasteiger partial charge is 0.166 e. The van der Waals surface area contributed by atoms with E-state index in [1.807, 2.05) is 18.2 Å². The molecule has 0 spiro atoms. The van der Waals surface area contributed by atoms with Crippen molar-refractivity contribution in [1.29, 1.82) is 0 Å². The molecule has 2 nitrogen and oxygen atoms in total. The van der Waals surface area contributed by atoms with Gasteiger partial charge in [-0.3, -0.25) is 4.79 Å². The Hall–Kier alpha value is -1.31. The van der Waals surface area contributed by atoms with Crippen molar-refractivity contribution >= 4 is 5.78 Å². The molecule has 1 aliphatic carbocycles. The summed E-state index contributed by atoms with van der Waals surface area (Å²) in [6.45, 7) is 4.89. The summed E-state index contributed by atoms with van der Waals surface area (Å²) in [4.78, 5) is 11.9. The summed E-state index contributed by atoms with van der Waals surface area (Å²) in [5.74, 6) is 1.49. The van der Waals surface area contributed by atoms with Crippen LogP contribution in [0.5, 0.6) is 5.75 Å². The van der Waals surface area contributed by atoms with Crippen LogP contribution >= 0.6 is 0 Å². The summed E-state index contributed by atoms with van der Waals surface area (Å²) in [5, 5.41) is 0. The van der Waals surface area contributed by atoms with Crippen molar-refractivity contribution in [3.63, 3.8) is 0 Å². The van der Waals surface area contributed by atoms with Crippen LogP contribution in [0.15, 0.2) is 18.2 Å². The second-order valence-corrected chi connectivity index (χ2v) is 4.77. The van der Waals surface area contributed by atoms with Crippen LogP contribution in [-0.4, -0.2) is 12.4 Å². The quantitative estimate of drug-likeness (QED) is 0.778. The molecule has 1 aliphatic rings. The lowest BCUT2D eigenvalue weighted by Crippen LogP contribution is -2.14. The van der Waals surface area contributed by atoms with Crippen molar-refractivity contribution in [3.05, 3.63) is 29.3 Å². The molecular formula is C14H18O2. The summed E-state index contributed by atoms with van der Waals surface area (Å²) in [6, 6.07) is 5.92. The van der Waals surface area contributed by atoms with Gasteiger partial charge in [0.2, 0.25) is 0 Å². The highest BCUT2D eigenvalue weighted by Crippen LogP contribution is 2.29. The Morgan fingerprint density at radius 3 is 2.88 bits per heavy atom. The Morgan fingerprint density at radius 1 is 1.31 bits per heavy atom. The van der Waals surface area contributed by atoms with E-state index in [1.54, 1.807) is 0 Å². The Labute approximate surface area is 96.6 Å². The maximum absolute atomic E-state index is 11.9. The van der Waals surface area contributed by atoms with Crippen molar-refractivity contribution < 1.29 is 9.53 Å². The fourth-order valence-corrected chi connectivity index (χ4v) is 2.04. The van der Waals surface area contributed by atoms with E-state index < -0.39 is 0 Å². The molecule has 1 aromatic rings. The van der Waals surface area contributed by atoms with Crippen molar-refractivity contribution in [3.8, 4) is 5.75 Å². The molecule has 0 aliphatic heterocycles. The average Bonchev–Trinajstić information content (AvgIpc) is 2.26. The van der Waals surface area contributed by atoms with E-state index in [9.17, 15) is 4.79 Å². The van der Waals surface area contributed by atoms with Crippen LogP contribution in [0, 0.1) is 5.92 Å². The largest absolute Gasteiger partial charge is 0.493 e. The first-order chi connectivity index (χ1) is 7.68. The second-order valence-electron chi connectivity index (χ2n) is 4.77. The number of aryl methyl sites for hydroxylation is 1. The molecule has 0 aromatic heterocycles. The van der Waals surface area contributed by atoms with E-state index in [2.05, 4.69) is 13.8 Å². The van der Waals surface area contributed by atoms with Gasteiger partial charge in [-0.15, -0.1) is 0 Å². The van der Waals surface area contributed by atoms with Crippen molar-refractivity contribution in [2.24, 2.45) is 5.92 Å². The highest BCUT2D eigenvalue weighted by Gasteiger charge is 2.21. The number of benzene rings is 1. The lowest BCUT2D eigenvalue weighted by molar-refractivity contribution is 0.0967.